The Morgan fingerprint density at radius 1 is 1.30 bits per heavy atom. The van der Waals surface area contributed by atoms with Gasteiger partial charge in [-0.15, -0.1) is 0 Å². The molecule has 20 heavy (non-hydrogen) atoms. The molecule has 1 aromatic carbocycles. The Morgan fingerprint density at radius 2 is 2.05 bits per heavy atom. The zero-order valence-electron chi connectivity index (χ0n) is 9.71. The molecule has 0 aliphatic heterocycles. The lowest BCUT2D eigenvalue weighted by Crippen LogP contribution is -2.15. The molecule has 0 aliphatic carbocycles. The maximum Gasteiger partial charge on any atom is 0.283 e. The van der Waals surface area contributed by atoms with Gasteiger partial charge in [-0.3, -0.25) is 14.9 Å². The van der Waals surface area contributed by atoms with Crippen LogP contribution >= 0.6 is 23.2 Å². The van der Waals surface area contributed by atoms with E-state index in [0.717, 1.165) is 6.07 Å². The molecule has 1 N–H and O–H groups in total. The largest absolute Gasteiger partial charge is 0.306 e. The fraction of sp³-hybridized carbons (Fsp3) is 0. The molecule has 102 valence electrons. The third-order valence-corrected chi connectivity index (χ3v) is 2.69. The number of rotatable bonds is 3. The molecule has 0 bridgehead atoms. The Labute approximate surface area is 122 Å². The Bertz CT molecular complexity index is 693. The predicted octanol–water partition coefficient (Wildman–Crippen LogP) is 2.94. The first kappa shape index (κ1) is 14.2. The lowest BCUT2D eigenvalue weighted by molar-refractivity contribution is -0.385. The van der Waals surface area contributed by atoms with Crippen LogP contribution in [0, 0.1) is 10.1 Å². The average molecular weight is 313 g/mol. The second-order valence-electron chi connectivity index (χ2n) is 3.58. The number of nitrogens with zero attached hydrogens (tertiary/aromatic N) is 3. The predicted molar refractivity (Wildman–Crippen MR) is 73.1 cm³/mol. The molecule has 0 saturated heterocycles. The molecule has 0 fully saturated rings. The number of hydrogen-bond donors (Lipinski definition) is 1. The van der Waals surface area contributed by atoms with Crippen molar-refractivity contribution in [1.82, 2.24) is 9.97 Å². The van der Waals surface area contributed by atoms with Gasteiger partial charge in [0, 0.05) is 17.3 Å². The van der Waals surface area contributed by atoms with E-state index in [1.807, 2.05) is 0 Å². The summed E-state index contributed by atoms with van der Waals surface area (Å²) in [6.45, 7) is 0. The number of halogens is 2. The smallest absolute Gasteiger partial charge is 0.283 e. The van der Waals surface area contributed by atoms with Crippen molar-refractivity contribution in [2.75, 3.05) is 5.32 Å². The third-order valence-electron chi connectivity index (χ3n) is 2.27. The van der Waals surface area contributed by atoms with Gasteiger partial charge < -0.3 is 5.32 Å². The number of hydrogen-bond acceptors (Lipinski definition) is 5. The molecular formula is C11H6Cl2N4O3. The quantitative estimate of drug-likeness (QED) is 0.533. The SMILES string of the molecule is O=C(Nc1ccnc(Cl)n1)c1ccc(Cl)cc1[N+](=O)[O-]. The van der Waals surface area contributed by atoms with Crippen LogP contribution in [0.15, 0.2) is 30.5 Å². The highest BCUT2D eigenvalue weighted by molar-refractivity contribution is 6.31. The zero-order valence-corrected chi connectivity index (χ0v) is 11.2. The first-order valence-electron chi connectivity index (χ1n) is 5.21. The van der Waals surface area contributed by atoms with E-state index in [0.29, 0.717) is 0 Å². The zero-order chi connectivity index (χ0) is 14.7. The first-order chi connectivity index (χ1) is 9.47. The maximum absolute atomic E-state index is 12.0. The van der Waals surface area contributed by atoms with Crippen molar-refractivity contribution in [3.8, 4) is 0 Å². The molecule has 1 amide bonds. The minimum Gasteiger partial charge on any atom is -0.306 e. The molecule has 2 rings (SSSR count). The van der Waals surface area contributed by atoms with Crippen LogP contribution in [0.3, 0.4) is 0 Å². The minimum absolute atomic E-state index is 0.0478. The van der Waals surface area contributed by atoms with E-state index in [9.17, 15) is 14.9 Å². The van der Waals surface area contributed by atoms with Crippen LogP contribution in [0.5, 0.6) is 0 Å². The van der Waals surface area contributed by atoms with Gasteiger partial charge in [-0.05, 0) is 29.8 Å². The van der Waals surface area contributed by atoms with Crippen molar-refractivity contribution in [3.05, 3.63) is 56.4 Å². The van der Waals surface area contributed by atoms with Gasteiger partial charge in [-0.1, -0.05) is 11.6 Å². The van der Waals surface area contributed by atoms with Crippen LogP contribution in [0.25, 0.3) is 0 Å². The maximum atomic E-state index is 12.0. The van der Waals surface area contributed by atoms with Crippen molar-refractivity contribution in [1.29, 1.82) is 0 Å². The van der Waals surface area contributed by atoms with Crippen molar-refractivity contribution in [2.24, 2.45) is 0 Å². The molecule has 0 unspecified atom stereocenters. The van der Waals surface area contributed by atoms with Crippen LogP contribution in [-0.4, -0.2) is 20.8 Å². The molecule has 0 spiro atoms. The fourth-order valence-electron chi connectivity index (χ4n) is 1.44. The second-order valence-corrected chi connectivity index (χ2v) is 4.36. The Kier molecular flexibility index (Phi) is 4.11. The van der Waals surface area contributed by atoms with Crippen molar-refractivity contribution in [2.45, 2.75) is 0 Å². The van der Waals surface area contributed by atoms with E-state index in [-0.39, 0.29) is 21.7 Å². The van der Waals surface area contributed by atoms with Crippen molar-refractivity contribution >= 4 is 40.6 Å². The minimum atomic E-state index is -0.692. The van der Waals surface area contributed by atoms with Gasteiger partial charge in [-0.2, -0.15) is 0 Å². The summed E-state index contributed by atoms with van der Waals surface area (Å²) in [5.74, 6) is -0.553. The van der Waals surface area contributed by atoms with E-state index in [1.165, 1.54) is 24.4 Å². The van der Waals surface area contributed by atoms with E-state index in [4.69, 9.17) is 23.2 Å². The van der Waals surface area contributed by atoms with Gasteiger partial charge >= 0.3 is 0 Å². The first-order valence-corrected chi connectivity index (χ1v) is 5.97. The summed E-state index contributed by atoms with van der Waals surface area (Å²) in [4.78, 5) is 29.6. The van der Waals surface area contributed by atoms with Gasteiger partial charge in [0.2, 0.25) is 5.28 Å². The number of nitro benzene ring substituents is 1. The Morgan fingerprint density at radius 3 is 2.70 bits per heavy atom. The number of carbonyl (C=O) groups is 1. The highest BCUT2D eigenvalue weighted by atomic mass is 35.5. The molecule has 7 nitrogen and oxygen atoms in total. The molecule has 0 aliphatic rings. The van der Waals surface area contributed by atoms with Crippen LogP contribution in [0.4, 0.5) is 11.5 Å². The van der Waals surface area contributed by atoms with Crippen molar-refractivity contribution in [3.63, 3.8) is 0 Å². The summed E-state index contributed by atoms with van der Waals surface area (Å²) >= 11 is 11.2. The monoisotopic (exact) mass is 312 g/mol. The van der Waals surface area contributed by atoms with Gasteiger partial charge in [0.05, 0.1) is 4.92 Å². The number of anilines is 1. The molecule has 9 heteroatoms. The molecular weight excluding hydrogens is 307 g/mol. The van der Waals surface area contributed by atoms with Crippen LogP contribution in [-0.2, 0) is 0 Å². The molecule has 2 aromatic rings. The van der Waals surface area contributed by atoms with Gasteiger partial charge in [0.25, 0.3) is 11.6 Å². The standard InChI is InChI=1S/C11H6Cl2N4O3/c12-6-1-2-7(8(5-6)17(19)20)10(18)15-9-3-4-14-11(13)16-9/h1-5H,(H,14,15,16,18). The molecule has 0 saturated carbocycles. The van der Waals surface area contributed by atoms with Gasteiger partial charge in [0.1, 0.15) is 11.4 Å². The lowest BCUT2D eigenvalue weighted by Gasteiger charge is -2.05. The number of amides is 1. The Balaban J connectivity index is 2.32. The lowest BCUT2D eigenvalue weighted by atomic mass is 10.1. The summed E-state index contributed by atoms with van der Waals surface area (Å²) < 4.78 is 0. The highest BCUT2D eigenvalue weighted by Crippen LogP contribution is 2.24. The van der Waals surface area contributed by atoms with Crippen LogP contribution in [0.2, 0.25) is 10.3 Å². The van der Waals surface area contributed by atoms with Crippen molar-refractivity contribution < 1.29 is 9.72 Å². The summed E-state index contributed by atoms with van der Waals surface area (Å²) in [5.41, 5.74) is -0.524. The van der Waals surface area contributed by atoms with Crippen LogP contribution in [0.1, 0.15) is 10.4 Å². The van der Waals surface area contributed by atoms with E-state index >= 15 is 0 Å². The molecule has 1 heterocycles. The molecule has 0 radical (unpaired) electrons. The summed E-state index contributed by atoms with van der Waals surface area (Å²) in [7, 11) is 0. The normalized spacial score (nSPS) is 10.1. The summed E-state index contributed by atoms with van der Waals surface area (Å²) in [6, 6.07) is 5.16. The number of benzene rings is 1. The van der Waals surface area contributed by atoms with E-state index < -0.39 is 16.5 Å². The highest BCUT2D eigenvalue weighted by Gasteiger charge is 2.21. The number of nitro groups is 1. The summed E-state index contributed by atoms with van der Waals surface area (Å²) in [6.07, 6.45) is 1.35. The number of carbonyl (C=O) groups excluding carboxylic acids is 1. The average Bonchev–Trinajstić information content (AvgIpc) is 2.38. The van der Waals surface area contributed by atoms with E-state index in [1.54, 1.807) is 0 Å². The van der Waals surface area contributed by atoms with Gasteiger partial charge in [-0.25, -0.2) is 9.97 Å². The fourth-order valence-corrected chi connectivity index (χ4v) is 1.75. The number of nitrogens with one attached hydrogen (secondary N) is 1. The topological polar surface area (TPSA) is 98.0 Å². The molecule has 0 atom stereocenters. The third kappa shape index (κ3) is 3.19. The Hall–Kier alpha value is -2.25. The van der Waals surface area contributed by atoms with E-state index in [2.05, 4.69) is 15.3 Å². The second kappa shape index (κ2) is 5.81. The van der Waals surface area contributed by atoms with Crippen LogP contribution < -0.4 is 5.32 Å². The molecule has 1 aromatic heterocycles. The number of aromatic nitrogens is 2. The summed E-state index contributed by atoms with van der Waals surface area (Å²) in [5, 5.41) is 13.4. The van der Waals surface area contributed by atoms with Gasteiger partial charge in [0.15, 0.2) is 0 Å².